The number of nitrogens with one attached hydrogen (secondary N) is 1. The van der Waals surface area contributed by atoms with Crippen molar-refractivity contribution in [3.8, 4) is 5.75 Å². The molecule has 0 aliphatic carbocycles. The van der Waals surface area contributed by atoms with Crippen LogP contribution >= 0.6 is 11.8 Å². The van der Waals surface area contributed by atoms with Crippen LogP contribution in [0.4, 0.5) is 0 Å². The van der Waals surface area contributed by atoms with Crippen LogP contribution in [0, 0.1) is 13.8 Å². The lowest BCUT2D eigenvalue weighted by Gasteiger charge is -2.08. The maximum Gasteiger partial charge on any atom is 0.220 e. The number of hydrogen-bond donors (Lipinski definition) is 1. The predicted molar refractivity (Wildman–Crippen MR) is 96.2 cm³/mol. The van der Waals surface area contributed by atoms with Gasteiger partial charge in [0.15, 0.2) is 0 Å². The van der Waals surface area contributed by atoms with Gasteiger partial charge in [0.1, 0.15) is 12.4 Å². The molecule has 0 spiro atoms. The van der Waals surface area contributed by atoms with E-state index in [9.17, 15) is 4.79 Å². The van der Waals surface area contributed by atoms with Crippen LogP contribution in [0.3, 0.4) is 0 Å². The lowest BCUT2D eigenvalue weighted by molar-refractivity contribution is -0.120. The fraction of sp³-hybridized carbons (Fsp3) is 0.316. The zero-order valence-electron chi connectivity index (χ0n) is 13.7. The zero-order chi connectivity index (χ0) is 16.5. The first-order valence-electron chi connectivity index (χ1n) is 7.79. The van der Waals surface area contributed by atoms with E-state index in [1.54, 1.807) is 11.8 Å². The second kappa shape index (κ2) is 9.26. The van der Waals surface area contributed by atoms with E-state index in [4.69, 9.17) is 4.74 Å². The molecule has 0 saturated heterocycles. The second-order valence-electron chi connectivity index (χ2n) is 5.43. The Kier molecular flexibility index (Phi) is 7.01. The number of thioether (sulfide) groups is 1. The molecule has 4 heteroatoms. The predicted octanol–water partition coefficient (Wildman–Crippen LogP) is 3.98. The monoisotopic (exact) mass is 329 g/mol. The lowest BCUT2D eigenvalue weighted by atomic mass is 10.2. The highest BCUT2D eigenvalue weighted by Crippen LogP contribution is 2.18. The molecule has 0 aliphatic heterocycles. The van der Waals surface area contributed by atoms with Crippen LogP contribution in [0.25, 0.3) is 0 Å². The third-order valence-electron chi connectivity index (χ3n) is 3.30. The van der Waals surface area contributed by atoms with Crippen molar-refractivity contribution in [3.05, 3.63) is 59.7 Å². The van der Waals surface area contributed by atoms with E-state index in [0.29, 0.717) is 19.6 Å². The number of carbonyl (C=O) groups excluding carboxylic acids is 1. The van der Waals surface area contributed by atoms with Crippen LogP contribution in [0.2, 0.25) is 0 Å². The summed E-state index contributed by atoms with van der Waals surface area (Å²) in [5.41, 5.74) is 2.42. The Hall–Kier alpha value is -1.94. The first-order chi connectivity index (χ1) is 11.1. The fourth-order valence-electron chi connectivity index (χ4n) is 2.05. The molecule has 0 heterocycles. The molecule has 0 aromatic heterocycles. The molecule has 2 aromatic carbocycles. The summed E-state index contributed by atoms with van der Waals surface area (Å²) in [6, 6.07) is 16.3. The number of rotatable bonds is 8. The summed E-state index contributed by atoms with van der Waals surface area (Å²) in [4.78, 5) is 13.0. The Labute approximate surface area is 142 Å². The summed E-state index contributed by atoms with van der Waals surface area (Å²) >= 11 is 1.70. The molecule has 1 amide bonds. The van der Waals surface area contributed by atoms with Gasteiger partial charge in [-0.25, -0.2) is 0 Å². The minimum absolute atomic E-state index is 0.0671. The van der Waals surface area contributed by atoms with Gasteiger partial charge in [0.2, 0.25) is 5.91 Å². The molecule has 0 bridgehead atoms. The summed E-state index contributed by atoms with van der Waals surface area (Å²) in [7, 11) is 0. The van der Waals surface area contributed by atoms with Crippen molar-refractivity contribution in [2.24, 2.45) is 0 Å². The summed E-state index contributed by atoms with van der Waals surface area (Å²) in [5, 5.41) is 2.89. The summed E-state index contributed by atoms with van der Waals surface area (Å²) in [6.07, 6.45) is 0.517. The van der Waals surface area contributed by atoms with Crippen LogP contribution in [0.1, 0.15) is 17.5 Å². The molecule has 0 radical (unpaired) electrons. The Morgan fingerprint density at radius 3 is 2.61 bits per heavy atom. The average molecular weight is 329 g/mol. The third kappa shape index (κ3) is 6.78. The van der Waals surface area contributed by atoms with Crippen molar-refractivity contribution >= 4 is 17.7 Å². The van der Waals surface area contributed by atoms with Gasteiger partial charge in [-0.2, -0.15) is 0 Å². The summed E-state index contributed by atoms with van der Waals surface area (Å²) in [5.74, 6) is 1.69. The topological polar surface area (TPSA) is 38.3 Å². The summed E-state index contributed by atoms with van der Waals surface area (Å²) in [6.45, 7) is 5.11. The molecule has 3 nitrogen and oxygen atoms in total. The molecule has 1 N–H and O–H groups in total. The third-order valence-corrected chi connectivity index (χ3v) is 4.32. The van der Waals surface area contributed by atoms with E-state index in [0.717, 1.165) is 11.5 Å². The maximum absolute atomic E-state index is 11.8. The maximum atomic E-state index is 11.8. The smallest absolute Gasteiger partial charge is 0.220 e. The van der Waals surface area contributed by atoms with Crippen LogP contribution in [-0.4, -0.2) is 24.8 Å². The van der Waals surface area contributed by atoms with E-state index in [-0.39, 0.29) is 5.91 Å². The average Bonchev–Trinajstić information content (AvgIpc) is 2.54. The number of amides is 1. The highest BCUT2D eigenvalue weighted by atomic mass is 32.2. The molecule has 0 unspecified atom stereocenters. The van der Waals surface area contributed by atoms with Crippen molar-refractivity contribution in [2.75, 3.05) is 18.9 Å². The second-order valence-corrected chi connectivity index (χ2v) is 6.59. The van der Waals surface area contributed by atoms with Gasteiger partial charge >= 0.3 is 0 Å². The molecule has 2 aromatic rings. The number of aryl methyl sites for hydroxylation is 2. The van der Waals surface area contributed by atoms with Gasteiger partial charge in [0.25, 0.3) is 0 Å². The Bertz CT molecular complexity index is 626. The highest BCUT2D eigenvalue weighted by molar-refractivity contribution is 7.99. The van der Waals surface area contributed by atoms with E-state index >= 15 is 0 Å². The van der Waals surface area contributed by atoms with Crippen molar-refractivity contribution < 1.29 is 9.53 Å². The van der Waals surface area contributed by atoms with E-state index in [2.05, 4.69) is 36.5 Å². The van der Waals surface area contributed by atoms with Crippen molar-refractivity contribution in [1.29, 1.82) is 0 Å². The normalized spacial score (nSPS) is 10.3. The Balaban J connectivity index is 1.57. The molecule has 0 aliphatic rings. The lowest BCUT2D eigenvalue weighted by Crippen LogP contribution is -2.28. The van der Waals surface area contributed by atoms with Gasteiger partial charge < -0.3 is 10.1 Å². The minimum Gasteiger partial charge on any atom is -0.492 e. The standard InChI is InChI=1S/C19H23NO2S/c1-15-6-8-18(9-7-15)23-13-10-19(21)20-11-12-22-17-5-3-4-16(2)14-17/h3-9,14H,10-13H2,1-2H3,(H,20,21). The van der Waals surface area contributed by atoms with Crippen molar-refractivity contribution in [2.45, 2.75) is 25.2 Å². The largest absolute Gasteiger partial charge is 0.492 e. The number of carbonyl (C=O) groups is 1. The number of ether oxygens (including phenoxy) is 1. The Morgan fingerprint density at radius 2 is 1.87 bits per heavy atom. The molecule has 2 rings (SSSR count). The van der Waals surface area contributed by atoms with Gasteiger partial charge in [-0.15, -0.1) is 11.8 Å². The van der Waals surface area contributed by atoms with Crippen LogP contribution in [0.15, 0.2) is 53.4 Å². The number of hydrogen-bond acceptors (Lipinski definition) is 3. The van der Waals surface area contributed by atoms with Gasteiger partial charge in [-0.3, -0.25) is 4.79 Å². The van der Waals surface area contributed by atoms with E-state index in [1.165, 1.54) is 16.0 Å². The van der Waals surface area contributed by atoms with Gasteiger partial charge in [-0.05, 0) is 43.7 Å². The van der Waals surface area contributed by atoms with Gasteiger partial charge in [0.05, 0.1) is 6.54 Å². The first kappa shape index (κ1) is 17.4. The van der Waals surface area contributed by atoms with Crippen LogP contribution in [0.5, 0.6) is 5.75 Å². The molecule has 0 atom stereocenters. The van der Waals surface area contributed by atoms with Gasteiger partial charge in [0, 0.05) is 17.1 Å². The van der Waals surface area contributed by atoms with E-state index in [1.807, 2.05) is 31.2 Å². The fourth-order valence-corrected chi connectivity index (χ4v) is 2.90. The first-order valence-corrected chi connectivity index (χ1v) is 8.78. The molecule has 23 heavy (non-hydrogen) atoms. The minimum atomic E-state index is 0.0671. The Morgan fingerprint density at radius 1 is 1.09 bits per heavy atom. The molecular weight excluding hydrogens is 306 g/mol. The molecular formula is C19H23NO2S. The van der Waals surface area contributed by atoms with Crippen LogP contribution < -0.4 is 10.1 Å². The molecule has 0 saturated carbocycles. The zero-order valence-corrected chi connectivity index (χ0v) is 14.5. The van der Waals surface area contributed by atoms with Crippen molar-refractivity contribution in [3.63, 3.8) is 0 Å². The SMILES string of the molecule is Cc1ccc(SCCC(=O)NCCOc2cccc(C)c2)cc1. The van der Waals surface area contributed by atoms with Gasteiger partial charge in [-0.1, -0.05) is 29.8 Å². The number of benzene rings is 2. The quantitative estimate of drug-likeness (QED) is 0.588. The van der Waals surface area contributed by atoms with Crippen molar-refractivity contribution in [1.82, 2.24) is 5.32 Å². The highest BCUT2D eigenvalue weighted by Gasteiger charge is 2.02. The van der Waals surface area contributed by atoms with Crippen LogP contribution in [-0.2, 0) is 4.79 Å². The molecule has 0 fully saturated rings. The van der Waals surface area contributed by atoms with E-state index < -0.39 is 0 Å². The molecule has 122 valence electrons. The summed E-state index contributed by atoms with van der Waals surface area (Å²) < 4.78 is 5.60.